The fourth-order valence-corrected chi connectivity index (χ4v) is 2.34. The van der Waals surface area contributed by atoms with Gasteiger partial charge < -0.3 is 15.2 Å². The maximum absolute atomic E-state index is 10.6. The molecule has 0 radical (unpaired) electrons. The second kappa shape index (κ2) is 5.19. The highest BCUT2D eigenvalue weighted by Gasteiger charge is 2.20. The van der Waals surface area contributed by atoms with Crippen molar-refractivity contribution in [2.24, 2.45) is 0 Å². The highest BCUT2D eigenvalue weighted by molar-refractivity contribution is 5.69. The Morgan fingerprint density at radius 2 is 2.41 bits per heavy atom. The van der Waals surface area contributed by atoms with Crippen LogP contribution >= 0.6 is 0 Å². The SMILES string of the molecule is COc1ccc2c(c1)CCCC2NCC(=O)O. The first-order valence-corrected chi connectivity index (χ1v) is 5.82. The van der Waals surface area contributed by atoms with E-state index in [1.807, 2.05) is 18.2 Å². The summed E-state index contributed by atoms with van der Waals surface area (Å²) in [4.78, 5) is 10.6. The molecule has 0 aromatic heterocycles. The van der Waals surface area contributed by atoms with E-state index in [1.165, 1.54) is 11.1 Å². The quantitative estimate of drug-likeness (QED) is 0.834. The molecule has 4 heteroatoms. The number of aliphatic carboxylic acids is 1. The number of methoxy groups -OCH3 is 1. The Kier molecular flexibility index (Phi) is 3.64. The Morgan fingerprint density at radius 1 is 1.59 bits per heavy atom. The van der Waals surface area contributed by atoms with Gasteiger partial charge in [0.25, 0.3) is 0 Å². The number of rotatable bonds is 4. The molecule has 92 valence electrons. The van der Waals surface area contributed by atoms with Gasteiger partial charge in [-0.05, 0) is 42.5 Å². The van der Waals surface area contributed by atoms with E-state index in [2.05, 4.69) is 5.32 Å². The van der Waals surface area contributed by atoms with E-state index in [0.717, 1.165) is 25.0 Å². The lowest BCUT2D eigenvalue weighted by Gasteiger charge is -2.26. The van der Waals surface area contributed by atoms with Crippen molar-refractivity contribution >= 4 is 5.97 Å². The predicted molar refractivity (Wildman–Crippen MR) is 64.3 cm³/mol. The molecule has 0 aliphatic heterocycles. The second-order valence-corrected chi connectivity index (χ2v) is 4.28. The molecule has 2 rings (SSSR count). The summed E-state index contributed by atoms with van der Waals surface area (Å²) in [7, 11) is 1.66. The maximum Gasteiger partial charge on any atom is 0.317 e. The zero-order valence-corrected chi connectivity index (χ0v) is 9.90. The Morgan fingerprint density at radius 3 is 3.12 bits per heavy atom. The fraction of sp³-hybridized carbons (Fsp3) is 0.462. The minimum Gasteiger partial charge on any atom is -0.497 e. The summed E-state index contributed by atoms with van der Waals surface area (Å²) < 4.78 is 5.20. The average molecular weight is 235 g/mol. The van der Waals surface area contributed by atoms with Gasteiger partial charge in [0, 0.05) is 6.04 Å². The Balaban J connectivity index is 2.16. The summed E-state index contributed by atoms with van der Waals surface area (Å²) >= 11 is 0. The van der Waals surface area contributed by atoms with Crippen molar-refractivity contribution in [3.63, 3.8) is 0 Å². The number of hydrogen-bond donors (Lipinski definition) is 2. The van der Waals surface area contributed by atoms with E-state index in [0.29, 0.717) is 0 Å². The van der Waals surface area contributed by atoms with Gasteiger partial charge in [-0.2, -0.15) is 0 Å². The Labute approximate surface area is 101 Å². The number of nitrogens with one attached hydrogen (secondary N) is 1. The van der Waals surface area contributed by atoms with Crippen LogP contribution in [0.1, 0.15) is 30.0 Å². The van der Waals surface area contributed by atoms with Crippen LogP contribution < -0.4 is 10.1 Å². The minimum atomic E-state index is -0.814. The largest absolute Gasteiger partial charge is 0.497 e. The molecule has 0 saturated carbocycles. The number of fused-ring (bicyclic) bond motifs is 1. The summed E-state index contributed by atoms with van der Waals surface area (Å²) in [5.41, 5.74) is 2.47. The first kappa shape index (κ1) is 11.9. The lowest BCUT2D eigenvalue weighted by molar-refractivity contribution is -0.136. The van der Waals surface area contributed by atoms with Gasteiger partial charge in [-0.15, -0.1) is 0 Å². The molecule has 0 heterocycles. The molecule has 0 fully saturated rings. The standard InChI is InChI=1S/C13H17NO3/c1-17-10-5-6-11-9(7-10)3-2-4-12(11)14-8-13(15)16/h5-7,12,14H,2-4,8H2,1H3,(H,15,16). The van der Waals surface area contributed by atoms with Gasteiger partial charge >= 0.3 is 5.97 Å². The van der Waals surface area contributed by atoms with E-state index in [4.69, 9.17) is 9.84 Å². The second-order valence-electron chi connectivity index (χ2n) is 4.28. The molecule has 1 atom stereocenters. The zero-order chi connectivity index (χ0) is 12.3. The van der Waals surface area contributed by atoms with E-state index in [9.17, 15) is 4.79 Å². The van der Waals surface area contributed by atoms with Crippen LogP contribution in [0.3, 0.4) is 0 Å². The van der Waals surface area contributed by atoms with Crippen LogP contribution in [0.5, 0.6) is 5.75 Å². The topological polar surface area (TPSA) is 58.6 Å². The van der Waals surface area contributed by atoms with Gasteiger partial charge in [0.05, 0.1) is 13.7 Å². The van der Waals surface area contributed by atoms with E-state index in [-0.39, 0.29) is 12.6 Å². The van der Waals surface area contributed by atoms with Crippen LogP contribution in [0, 0.1) is 0 Å². The molecule has 0 bridgehead atoms. The number of carbonyl (C=O) groups is 1. The number of aryl methyl sites for hydroxylation is 1. The summed E-state index contributed by atoms with van der Waals surface area (Å²) in [5, 5.41) is 11.8. The molecule has 1 aliphatic carbocycles. The molecule has 0 saturated heterocycles. The van der Waals surface area contributed by atoms with Crippen LogP contribution in [0.25, 0.3) is 0 Å². The Hall–Kier alpha value is -1.55. The van der Waals surface area contributed by atoms with Crippen molar-refractivity contribution in [3.05, 3.63) is 29.3 Å². The Bertz CT molecular complexity index is 417. The minimum absolute atomic E-state index is 0.0101. The van der Waals surface area contributed by atoms with Crippen molar-refractivity contribution in [1.29, 1.82) is 0 Å². The first-order chi connectivity index (χ1) is 8.20. The summed E-state index contributed by atoms with van der Waals surface area (Å²) in [6.07, 6.45) is 3.11. The van der Waals surface area contributed by atoms with Crippen molar-refractivity contribution in [1.82, 2.24) is 5.32 Å². The predicted octanol–water partition coefficient (Wildman–Crippen LogP) is 1.75. The first-order valence-electron chi connectivity index (χ1n) is 5.82. The number of ether oxygens (including phenoxy) is 1. The van der Waals surface area contributed by atoms with Gasteiger partial charge in [-0.3, -0.25) is 4.79 Å². The molecule has 0 amide bonds. The molecular formula is C13H17NO3. The lowest BCUT2D eigenvalue weighted by Crippen LogP contribution is -2.29. The highest BCUT2D eigenvalue weighted by Crippen LogP contribution is 2.31. The molecular weight excluding hydrogens is 218 g/mol. The summed E-state index contributed by atoms with van der Waals surface area (Å²) in [6.45, 7) is 0.0101. The third-order valence-electron chi connectivity index (χ3n) is 3.16. The third-order valence-corrected chi connectivity index (χ3v) is 3.16. The highest BCUT2D eigenvalue weighted by atomic mass is 16.5. The number of hydrogen-bond acceptors (Lipinski definition) is 3. The normalized spacial score (nSPS) is 18.5. The van der Waals surface area contributed by atoms with Gasteiger partial charge in [-0.1, -0.05) is 6.07 Å². The smallest absolute Gasteiger partial charge is 0.317 e. The zero-order valence-electron chi connectivity index (χ0n) is 9.90. The van der Waals surface area contributed by atoms with Crippen LogP contribution in [0.4, 0.5) is 0 Å². The molecule has 17 heavy (non-hydrogen) atoms. The summed E-state index contributed by atoms with van der Waals surface area (Å²) in [5.74, 6) is 0.0493. The van der Waals surface area contributed by atoms with Crippen molar-refractivity contribution in [2.75, 3.05) is 13.7 Å². The monoisotopic (exact) mass is 235 g/mol. The van der Waals surface area contributed by atoms with Crippen molar-refractivity contribution < 1.29 is 14.6 Å². The van der Waals surface area contributed by atoms with Crippen LogP contribution in [0.2, 0.25) is 0 Å². The van der Waals surface area contributed by atoms with Gasteiger partial charge in [0.15, 0.2) is 0 Å². The maximum atomic E-state index is 10.6. The molecule has 4 nitrogen and oxygen atoms in total. The van der Waals surface area contributed by atoms with Crippen molar-refractivity contribution in [2.45, 2.75) is 25.3 Å². The van der Waals surface area contributed by atoms with Crippen LogP contribution in [-0.4, -0.2) is 24.7 Å². The molecule has 1 unspecified atom stereocenters. The number of carboxylic acid groups (broad SMARTS) is 1. The van der Waals surface area contributed by atoms with Crippen LogP contribution in [0.15, 0.2) is 18.2 Å². The van der Waals surface area contributed by atoms with Crippen molar-refractivity contribution in [3.8, 4) is 5.75 Å². The molecule has 2 N–H and O–H groups in total. The molecule has 1 aromatic rings. The van der Waals surface area contributed by atoms with Gasteiger partial charge in [0.1, 0.15) is 5.75 Å². The lowest BCUT2D eigenvalue weighted by atomic mass is 9.87. The molecule has 0 spiro atoms. The number of benzene rings is 1. The van der Waals surface area contributed by atoms with Gasteiger partial charge in [0.2, 0.25) is 0 Å². The van der Waals surface area contributed by atoms with Crippen LogP contribution in [-0.2, 0) is 11.2 Å². The third kappa shape index (κ3) is 2.77. The summed E-state index contributed by atoms with van der Waals surface area (Å²) in [6, 6.07) is 6.16. The molecule has 1 aromatic carbocycles. The van der Waals surface area contributed by atoms with Gasteiger partial charge in [-0.25, -0.2) is 0 Å². The van der Waals surface area contributed by atoms with E-state index in [1.54, 1.807) is 7.11 Å². The van der Waals surface area contributed by atoms with E-state index >= 15 is 0 Å². The van der Waals surface area contributed by atoms with E-state index < -0.39 is 5.97 Å². The fourth-order valence-electron chi connectivity index (χ4n) is 2.34. The molecule has 1 aliphatic rings. The average Bonchev–Trinajstić information content (AvgIpc) is 2.35. The number of carboxylic acids is 1.